The Labute approximate surface area is 130 Å². The molecule has 1 heterocycles. The van der Waals surface area contributed by atoms with Crippen LogP contribution in [0.5, 0.6) is 5.75 Å². The molecule has 1 N–H and O–H groups in total. The van der Waals surface area contributed by atoms with Crippen LogP contribution in [0.2, 0.25) is 0 Å². The maximum atomic E-state index is 12.4. The van der Waals surface area contributed by atoms with Crippen LogP contribution in [-0.4, -0.2) is 42.1 Å². The number of amides is 1. The highest BCUT2D eigenvalue weighted by Crippen LogP contribution is 2.31. The number of likely N-dealkylation sites (tertiary alicyclic amines) is 1. The van der Waals surface area contributed by atoms with Crippen LogP contribution in [0.1, 0.15) is 38.2 Å². The summed E-state index contributed by atoms with van der Waals surface area (Å²) >= 11 is 0. The first-order chi connectivity index (χ1) is 10.4. The van der Waals surface area contributed by atoms with Crippen molar-refractivity contribution in [1.82, 2.24) is 4.90 Å². The predicted molar refractivity (Wildman–Crippen MR) is 83.0 cm³/mol. The van der Waals surface area contributed by atoms with E-state index in [2.05, 4.69) is 0 Å². The van der Waals surface area contributed by atoms with Crippen molar-refractivity contribution < 1.29 is 19.4 Å². The van der Waals surface area contributed by atoms with Crippen molar-refractivity contribution in [2.45, 2.75) is 32.6 Å². The summed E-state index contributed by atoms with van der Waals surface area (Å²) in [6, 6.07) is 7.69. The Morgan fingerprint density at radius 1 is 1.36 bits per heavy atom. The number of rotatable bonds is 5. The molecule has 0 bridgehead atoms. The Hall–Kier alpha value is -2.04. The largest absolute Gasteiger partial charge is 0.497 e. The quantitative estimate of drug-likeness (QED) is 0.907. The van der Waals surface area contributed by atoms with Gasteiger partial charge in [-0.2, -0.15) is 0 Å². The van der Waals surface area contributed by atoms with Gasteiger partial charge in [-0.05, 0) is 37.0 Å². The van der Waals surface area contributed by atoms with E-state index in [0.717, 1.165) is 11.3 Å². The summed E-state index contributed by atoms with van der Waals surface area (Å²) in [5.41, 5.74) is 0.272. The molecule has 1 aliphatic heterocycles. The number of carboxylic acid groups (broad SMARTS) is 1. The third-order valence-corrected chi connectivity index (χ3v) is 4.51. The predicted octanol–water partition coefficient (Wildman–Crippen LogP) is 2.51. The zero-order valence-corrected chi connectivity index (χ0v) is 13.3. The number of ether oxygens (including phenoxy) is 1. The Morgan fingerprint density at radius 3 is 2.50 bits per heavy atom. The van der Waals surface area contributed by atoms with Crippen molar-refractivity contribution in [3.63, 3.8) is 0 Å². The molecule has 1 saturated heterocycles. The lowest BCUT2D eigenvalue weighted by atomic mass is 9.90. The first kappa shape index (κ1) is 16.3. The van der Waals surface area contributed by atoms with Gasteiger partial charge in [-0.15, -0.1) is 0 Å². The van der Waals surface area contributed by atoms with E-state index in [0.29, 0.717) is 25.9 Å². The minimum Gasteiger partial charge on any atom is -0.497 e. The number of hydrogen-bond donors (Lipinski definition) is 1. The second kappa shape index (κ2) is 6.38. The van der Waals surface area contributed by atoms with Crippen LogP contribution in [-0.2, 0) is 9.59 Å². The van der Waals surface area contributed by atoms with Gasteiger partial charge in [0, 0.05) is 19.5 Å². The SMILES string of the molecule is COc1ccc([C@H](C)CC(=O)N2CC[C@@](C)(C(=O)O)C2)cc1. The average Bonchev–Trinajstić information content (AvgIpc) is 2.91. The molecule has 1 fully saturated rings. The minimum absolute atomic E-state index is 0.0216. The lowest BCUT2D eigenvalue weighted by Crippen LogP contribution is -2.35. The molecule has 2 atom stereocenters. The van der Waals surface area contributed by atoms with E-state index in [1.165, 1.54) is 0 Å². The summed E-state index contributed by atoms with van der Waals surface area (Å²) in [6.07, 6.45) is 0.910. The Kier molecular flexibility index (Phi) is 4.74. The van der Waals surface area contributed by atoms with E-state index in [4.69, 9.17) is 4.74 Å². The molecule has 1 aliphatic rings. The molecule has 1 aromatic carbocycles. The van der Waals surface area contributed by atoms with Gasteiger partial charge in [0.05, 0.1) is 12.5 Å². The molecule has 2 rings (SSSR count). The zero-order chi connectivity index (χ0) is 16.3. The van der Waals surface area contributed by atoms with Crippen LogP contribution in [0, 0.1) is 5.41 Å². The minimum atomic E-state index is -0.828. The van der Waals surface area contributed by atoms with Crippen molar-refractivity contribution in [3.8, 4) is 5.75 Å². The average molecular weight is 305 g/mol. The Balaban J connectivity index is 1.95. The summed E-state index contributed by atoms with van der Waals surface area (Å²) in [5.74, 6) is 0.0773. The number of benzene rings is 1. The molecule has 0 spiro atoms. The molecule has 0 saturated carbocycles. The first-order valence-electron chi connectivity index (χ1n) is 7.51. The second-order valence-corrected chi connectivity index (χ2v) is 6.31. The van der Waals surface area contributed by atoms with Crippen LogP contribution in [0.15, 0.2) is 24.3 Å². The number of carboxylic acids is 1. The number of carbonyl (C=O) groups excluding carboxylic acids is 1. The maximum Gasteiger partial charge on any atom is 0.311 e. The van der Waals surface area contributed by atoms with Crippen LogP contribution in [0.3, 0.4) is 0 Å². The molecule has 0 aromatic heterocycles. The van der Waals surface area contributed by atoms with Crippen molar-refractivity contribution in [2.24, 2.45) is 5.41 Å². The monoisotopic (exact) mass is 305 g/mol. The van der Waals surface area contributed by atoms with Gasteiger partial charge in [0.25, 0.3) is 0 Å². The Morgan fingerprint density at radius 2 is 2.00 bits per heavy atom. The highest BCUT2D eigenvalue weighted by atomic mass is 16.5. The van der Waals surface area contributed by atoms with Crippen molar-refractivity contribution >= 4 is 11.9 Å². The summed E-state index contributed by atoms with van der Waals surface area (Å²) in [5, 5.41) is 9.23. The molecule has 120 valence electrons. The fourth-order valence-corrected chi connectivity index (χ4v) is 2.79. The molecule has 5 heteroatoms. The molecule has 1 aromatic rings. The van der Waals surface area contributed by atoms with Crippen molar-refractivity contribution in [3.05, 3.63) is 29.8 Å². The standard InChI is InChI=1S/C17H23NO4/c1-12(13-4-6-14(22-3)7-5-13)10-15(19)18-9-8-17(2,11-18)16(20)21/h4-7,12H,8-11H2,1-3H3,(H,20,21)/t12-,17-/m1/s1. The molecule has 0 aliphatic carbocycles. The normalized spacial score (nSPS) is 22.4. The van der Waals surface area contributed by atoms with Gasteiger partial charge in [0.2, 0.25) is 5.91 Å². The summed E-state index contributed by atoms with van der Waals surface area (Å²) in [7, 11) is 1.62. The fourth-order valence-electron chi connectivity index (χ4n) is 2.79. The van der Waals surface area contributed by atoms with Crippen molar-refractivity contribution in [2.75, 3.05) is 20.2 Å². The van der Waals surface area contributed by atoms with Gasteiger partial charge in [-0.25, -0.2) is 0 Å². The van der Waals surface area contributed by atoms with Gasteiger partial charge >= 0.3 is 5.97 Å². The maximum absolute atomic E-state index is 12.4. The highest BCUT2D eigenvalue weighted by molar-refractivity contribution is 5.81. The third-order valence-electron chi connectivity index (χ3n) is 4.51. The third kappa shape index (κ3) is 3.40. The van der Waals surface area contributed by atoms with E-state index in [1.807, 2.05) is 31.2 Å². The topological polar surface area (TPSA) is 66.8 Å². The van der Waals surface area contributed by atoms with Gasteiger partial charge < -0.3 is 14.7 Å². The van der Waals surface area contributed by atoms with Gasteiger partial charge in [-0.3, -0.25) is 9.59 Å². The lowest BCUT2D eigenvalue weighted by Gasteiger charge is -2.22. The molecule has 22 heavy (non-hydrogen) atoms. The number of hydrogen-bond acceptors (Lipinski definition) is 3. The van der Waals surface area contributed by atoms with Crippen LogP contribution in [0.4, 0.5) is 0 Å². The highest BCUT2D eigenvalue weighted by Gasteiger charge is 2.42. The molecule has 0 radical (unpaired) electrons. The van der Waals surface area contributed by atoms with Crippen LogP contribution < -0.4 is 4.74 Å². The number of carbonyl (C=O) groups is 2. The number of aliphatic carboxylic acids is 1. The summed E-state index contributed by atoms with van der Waals surface area (Å²) < 4.78 is 5.13. The van der Waals surface area contributed by atoms with Gasteiger partial charge in [0.15, 0.2) is 0 Å². The number of methoxy groups -OCH3 is 1. The van der Waals surface area contributed by atoms with Crippen LogP contribution in [0.25, 0.3) is 0 Å². The number of nitrogens with zero attached hydrogens (tertiary/aromatic N) is 1. The molecule has 1 amide bonds. The second-order valence-electron chi connectivity index (χ2n) is 6.31. The first-order valence-corrected chi connectivity index (χ1v) is 7.51. The lowest BCUT2D eigenvalue weighted by molar-refractivity contribution is -0.147. The molecule has 5 nitrogen and oxygen atoms in total. The van der Waals surface area contributed by atoms with E-state index >= 15 is 0 Å². The smallest absolute Gasteiger partial charge is 0.311 e. The van der Waals surface area contributed by atoms with E-state index < -0.39 is 11.4 Å². The van der Waals surface area contributed by atoms with E-state index in [1.54, 1.807) is 18.9 Å². The summed E-state index contributed by atoms with van der Waals surface area (Å²) in [6.45, 7) is 4.54. The van der Waals surface area contributed by atoms with E-state index in [-0.39, 0.29) is 11.8 Å². The van der Waals surface area contributed by atoms with Crippen molar-refractivity contribution in [1.29, 1.82) is 0 Å². The molecular formula is C17H23NO4. The molecular weight excluding hydrogens is 282 g/mol. The fraction of sp³-hybridized carbons (Fsp3) is 0.529. The van der Waals surface area contributed by atoms with Crippen LogP contribution >= 0.6 is 0 Å². The van der Waals surface area contributed by atoms with E-state index in [9.17, 15) is 14.7 Å². The van der Waals surface area contributed by atoms with Gasteiger partial charge in [-0.1, -0.05) is 19.1 Å². The zero-order valence-electron chi connectivity index (χ0n) is 13.3. The molecule has 0 unspecified atom stereocenters. The summed E-state index contributed by atoms with van der Waals surface area (Å²) in [4.78, 5) is 25.3. The van der Waals surface area contributed by atoms with Gasteiger partial charge in [0.1, 0.15) is 5.75 Å². The Bertz CT molecular complexity index is 554.